The van der Waals surface area contributed by atoms with Crippen molar-refractivity contribution in [3.05, 3.63) is 72.1 Å². The lowest BCUT2D eigenvalue weighted by Gasteiger charge is -2.05. The quantitative estimate of drug-likeness (QED) is 0.623. The van der Waals surface area contributed by atoms with Crippen LogP contribution in [0.3, 0.4) is 0 Å². The van der Waals surface area contributed by atoms with E-state index in [1.807, 2.05) is 6.07 Å². The third-order valence-corrected chi connectivity index (χ3v) is 2.83. The van der Waals surface area contributed by atoms with Gasteiger partial charge in [-0.2, -0.15) is 4.57 Å². The van der Waals surface area contributed by atoms with Gasteiger partial charge >= 0.3 is 0 Å². The molecule has 2 aromatic rings. The summed E-state index contributed by atoms with van der Waals surface area (Å²) in [5, 5.41) is 0. The average Bonchev–Trinajstić information content (AvgIpc) is 2.74. The van der Waals surface area contributed by atoms with Gasteiger partial charge in [0, 0.05) is 17.7 Å². The molecule has 1 unspecified atom stereocenters. The van der Waals surface area contributed by atoms with Crippen LogP contribution < -0.4 is 21.5 Å². The van der Waals surface area contributed by atoms with E-state index < -0.39 is 0 Å². The lowest BCUT2D eigenvalue weighted by atomic mass is 10.1. The lowest BCUT2D eigenvalue weighted by Crippen LogP contribution is -3.00. The molecule has 0 aliphatic heterocycles. The fraction of sp³-hybridized carbons (Fsp3) is 0.0714. The summed E-state index contributed by atoms with van der Waals surface area (Å²) in [6.07, 6.45) is 8.65. The van der Waals surface area contributed by atoms with Crippen LogP contribution in [0.4, 0.5) is 0 Å². The molecule has 1 atom stereocenters. The first-order valence-corrected chi connectivity index (χ1v) is 5.18. The zero-order valence-corrected chi connectivity index (χ0v) is 10.3. The minimum atomic E-state index is 0. The van der Waals surface area contributed by atoms with Gasteiger partial charge in [0.05, 0.1) is 0 Å². The van der Waals surface area contributed by atoms with E-state index in [9.17, 15) is 0 Å². The molecule has 1 aromatic carbocycles. The van der Waals surface area contributed by atoms with Crippen molar-refractivity contribution in [1.29, 1.82) is 0 Å². The molecule has 0 spiro atoms. The highest BCUT2D eigenvalue weighted by atomic mass is 79.9. The van der Waals surface area contributed by atoms with E-state index in [0.29, 0.717) is 6.04 Å². The van der Waals surface area contributed by atoms with Crippen LogP contribution in [0.5, 0.6) is 0 Å². The van der Waals surface area contributed by atoms with Crippen molar-refractivity contribution >= 4 is 6.08 Å². The van der Waals surface area contributed by atoms with Crippen LogP contribution in [0.25, 0.3) is 6.08 Å². The van der Waals surface area contributed by atoms with Crippen molar-refractivity contribution in [1.82, 2.24) is 0 Å². The molecule has 0 amide bonds. The third kappa shape index (κ3) is 1.81. The van der Waals surface area contributed by atoms with Gasteiger partial charge in [-0.3, -0.25) is 0 Å². The second-order valence-electron chi connectivity index (χ2n) is 3.76. The van der Waals surface area contributed by atoms with E-state index in [4.69, 9.17) is 0 Å². The fourth-order valence-corrected chi connectivity index (χ4v) is 2.09. The van der Waals surface area contributed by atoms with Crippen molar-refractivity contribution in [2.75, 3.05) is 0 Å². The van der Waals surface area contributed by atoms with Crippen LogP contribution in [-0.4, -0.2) is 0 Å². The summed E-state index contributed by atoms with van der Waals surface area (Å²) < 4.78 is 2.22. The van der Waals surface area contributed by atoms with E-state index in [2.05, 4.69) is 65.5 Å². The predicted molar refractivity (Wildman–Crippen MR) is 60.3 cm³/mol. The fourth-order valence-electron chi connectivity index (χ4n) is 2.09. The Morgan fingerprint density at radius 3 is 2.44 bits per heavy atom. The first kappa shape index (κ1) is 11.1. The Labute approximate surface area is 106 Å². The van der Waals surface area contributed by atoms with E-state index in [1.165, 1.54) is 11.1 Å². The summed E-state index contributed by atoms with van der Waals surface area (Å²) in [6, 6.07) is 15.1. The second kappa shape index (κ2) is 4.62. The largest absolute Gasteiger partial charge is 1.00 e. The van der Waals surface area contributed by atoms with Gasteiger partial charge in [0.25, 0.3) is 0 Å². The van der Waals surface area contributed by atoms with Gasteiger partial charge in [-0.15, -0.1) is 0 Å². The smallest absolute Gasteiger partial charge is 0.202 e. The van der Waals surface area contributed by atoms with E-state index in [0.717, 1.165) is 0 Å². The first-order chi connectivity index (χ1) is 7.45. The maximum Gasteiger partial charge on any atom is 0.202 e. The van der Waals surface area contributed by atoms with Crippen LogP contribution in [0.2, 0.25) is 0 Å². The van der Waals surface area contributed by atoms with Crippen molar-refractivity contribution in [2.45, 2.75) is 6.04 Å². The number of hydrogen-bond donors (Lipinski definition) is 0. The molecular formula is C14H12BrN. The van der Waals surface area contributed by atoms with Crippen molar-refractivity contribution in [3.8, 4) is 0 Å². The van der Waals surface area contributed by atoms with Gasteiger partial charge in [-0.05, 0) is 11.6 Å². The molecule has 0 saturated heterocycles. The number of pyridine rings is 1. The van der Waals surface area contributed by atoms with Crippen molar-refractivity contribution < 1.29 is 21.5 Å². The highest BCUT2D eigenvalue weighted by molar-refractivity contribution is 5.61. The zero-order valence-electron chi connectivity index (χ0n) is 8.75. The van der Waals surface area contributed by atoms with Gasteiger partial charge in [0.15, 0.2) is 12.4 Å². The summed E-state index contributed by atoms with van der Waals surface area (Å²) in [6.45, 7) is 0. The second-order valence-corrected chi connectivity index (χ2v) is 3.76. The molecule has 1 heterocycles. The van der Waals surface area contributed by atoms with Crippen molar-refractivity contribution in [3.63, 3.8) is 0 Å². The highest BCUT2D eigenvalue weighted by Crippen LogP contribution is 2.26. The Kier molecular flexibility index (Phi) is 3.20. The maximum atomic E-state index is 2.24. The number of benzene rings is 1. The Morgan fingerprint density at radius 1 is 0.875 bits per heavy atom. The standard InChI is InChI=1S/C14H12N.BrH/c1-4-10-15(11-5-1)14-9-8-12-6-2-3-7-13(12)14;/h1-11,14H;1H/q+1;/p-1. The normalized spacial score (nSPS) is 16.6. The minimum Gasteiger partial charge on any atom is -1.00 e. The van der Waals surface area contributed by atoms with Gasteiger partial charge in [-0.1, -0.05) is 36.4 Å². The molecule has 0 fully saturated rings. The zero-order chi connectivity index (χ0) is 10.1. The van der Waals surface area contributed by atoms with Crippen LogP contribution in [0.1, 0.15) is 17.2 Å². The Balaban J connectivity index is 0.000000963. The highest BCUT2D eigenvalue weighted by Gasteiger charge is 2.23. The van der Waals surface area contributed by atoms with Crippen LogP contribution in [0.15, 0.2) is 60.9 Å². The Bertz CT molecular complexity index is 505. The first-order valence-electron chi connectivity index (χ1n) is 5.18. The lowest BCUT2D eigenvalue weighted by molar-refractivity contribution is -0.702. The predicted octanol–water partition coefficient (Wildman–Crippen LogP) is -0.406. The summed E-state index contributed by atoms with van der Waals surface area (Å²) in [5.74, 6) is 0. The third-order valence-electron chi connectivity index (χ3n) is 2.83. The number of fused-ring (bicyclic) bond motifs is 1. The number of allylic oxidation sites excluding steroid dienone is 1. The minimum absolute atomic E-state index is 0. The number of rotatable bonds is 1. The summed E-state index contributed by atoms with van der Waals surface area (Å²) >= 11 is 0. The van der Waals surface area contributed by atoms with Gasteiger partial charge in [0.1, 0.15) is 0 Å². The molecule has 1 aliphatic rings. The molecule has 0 N–H and O–H groups in total. The molecule has 80 valence electrons. The SMILES string of the molecule is C1=CC([n+]2ccccc2)c2ccccc21.[Br-]. The molecule has 16 heavy (non-hydrogen) atoms. The van der Waals surface area contributed by atoms with Crippen LogP contribution in [-0.2, 0) is 0 Å². The number of nitrogens with zero attached hydrogens (tertiary/aromatic N) is 1. The summed E-state index contributed by atoms with van der Waals surface area (Å²) in [4.78, 5) is 0. The number of hydrogen-bond acceptors (Lipinski definition) is 0. The summed E-state index contributed by atoms with van der Waals surface area (Å²) in [7, 11) is 0. The number of halogens is 1. The number of aromatic nitrogens is 1. The topological polar surface area (TPSA) is 3.88 Å². The monoisotopic (exact) mass is 273 g/mol. The van der Waals surface area contributed by atoms with E-state index in [-0.39, 0.29) is 17.0 Å². The Morgan fingerprint density at radius 2 is 1.62 bits per heavy atom. The molecule has 3 rings (SSSR count). The molecular weight excluding hydrogens is 262 g/mol. The van der Waals surface area contributed by atoms with E-state index >= 15 is 0 Å². The van der Waals surface area contributed by atoms with Gasteiger partial charge in [-0.25, -0.2) is 0 Å². The summed E-state index contributed by atoms with van der Waals surface area (Å²) in [5.41, 5.74) is 2.72. The molecule has 0 saturated carbocycles. The molecule has 0 radical (unpaired) electrons. The van der Waals surface area contributed by atoms with Crippen LogP contribution >= 0.6 is 0 Å². The van der Waals surface area contributed by atoms with Crippen molar-refractivity contribution in [2.24, 2.45) is 0 Å². The van der Waals surface area contributed by atoms with Gasteiger partial charge in [0.2, 0.25) is 6.04 Å². The average molecular weight is 274 g/mol. The molecule has 1 nitrogen and oxygen atoms in total. The molecule has 2 heteroatoms. The molecule has 1 aromatic heterocycles. The van der Waals surface area contributed by atoms with Crippen LogP contribution in [0, 0.1) is 0 Å². The Hall–Kier alpha value is -1.41. The van der Waals surface area contributed by atoms with E-state index in [1.54, 1.807) is 0 Å². The molecule has 0 bridgehead atoms. The van der Waals surface area contributed by atoms with Gasteiger partial charge < -0.3 is 17.0 Å². The molecule has 1 aliphatic carbocycles. The maximum absolute atomic E-state index is 2.24.